The first-order valence-corrected chi connectivity index (χ1v) is 7.88. The maximum atomic E-state index is 12.2. The lowest BCUT2D eigenvalue weighted by atomic mass is 9.75. The van der Waals surface area contributed by atoms with E-state index in [1.165, 1.54) is 19.0 Å². The van der Waals surface area contributed by atoms with E-state index in [0.29, 0.717) is 23.2 Å². The highest BCUT2D eigenvalue weighted by atomic mass is 35.5. The van der Waals surface area contributed by atoms with E-state index >= 15 is 0 Å². The molecule has 1 aromatic heterocycles. The molecule has 2 unspecified atom stereocenters. The molecule has 1 amide bonds. The maximum Gasteiger partial charge on any atom is 0.252 e. The number of likely N-dealkylation sites (N-methyl/N-ethyl adjacent to an activating group) is 1. The van der Waals surface area contributed by atoms with Crippen LogP contribution in [-0.2, 0) is 0 Å². The zero-order valence-corrected chi connectivity index (χ0v) is 13.8. The lowest BCUT2D eigenvalue weighted by Crippen LogP contribution is -2.55. The number of rotatable bonds is 4. The monoisotopic (exact) mass is 309 g/mol. The van der Waals surface area contributed by atoms with Gasteiger partial charge in [-0.05, 0) is 45.0 Å². The van der Waals surface area contributed by atoms with Crippen LogP contribution >= 0.6 is 11.6 Å². The van der Waals surface area contributed by atoms with Crippen LogP contribution in [0, 0.1) is 5.92 Å². The molecule has 2 rings (SSSR count). The molecule has 4 nitrogen and oxygen atoms in total. The van der Waals surface area contributed by atoms with E-state index < -0.39 is 0 Å². The van der Waals surface area contributed by atoms with Crippen molar-refractivity contribution in [1.82, 2.24) is 15.2 Å². The molecule has 0 bridgehead atoms. The quantitative estimate of drug-likeness (QED) is 0.870. The summed E-state index contributed by atoms with van der Waals surface area (Å²) in [6, 6.07) is 3.34. The Morgan fingerprint density at radius 2 is 2.29 bits per heavy atom. The Labute approximate surface area is 131 Å². The van der Waals surface area contributed by atoms with Gasteiger partial charge in [-0.25, -0.2) is 4.98 Å². The standard InChI is InChI=1S/C16H24ClN3O/c1-12-5-4-8-16(9-12,20(2)3)11-19-15(21)13-6-7-14(17)18-10-13/h6-7,10,12H,4-5,8-9,11H2,1-3H3,(H,19,21). The smallest absolute Gasteiger partial charge is 0.252 e. The van der Waals surface area contributed by atoms with Crippen molar-refractivity contribution in [1.29, 1.82) is 0 Å². The Hall–Kier alpha value is -1.13. The van der Waals surface area contributed by atoms with Gasteiger partial charge in [0.05, 0.1) is 5.56 Å². The fourth-order valence-electron chi connectivity index (χ4n) is 3.21. The number of pyridine rings is 1. The number of aromatic nitrogens is 1. The van der Waals surface area contributed by atoms with Crippen molar-refractivity contribution in [3.05, 3.63) is 29.0 Å². The van der Waals surface area contributed by atoms with E-state index in [1.54, 1.807) is 12.1 Å². The first kappa shape index (κ1) is 16.2. The summed E-state index contributed by atoms with van der Waals surface area (Å²) in [4.78, 5) is 18.5. The molecule has 2 atom stereocenters. The Morgan fingerprint density at radius 1 is 1.52 bits per heavy atom. The molecular weight excluding hydrogens is 286 g/mol. The van der Waals surface area contributed by atoms with Gasteiger partial charge in [0.25, 0.3) is 5.91 Å². The number of hydrogen-bond donors (Lipinski definition) is 1. The van der Waals surface area contributed by atoms with Crippen LogP contribution in [-0.4, -0.2) is 42.0 Å². The third kappa shape index (κ3) is 3.95. The summed E-state index contributed by atoms with van der Waals surface area (Å²) < 4.78 is 0. The highest BCUT2D eigenvalue weighted by Gasteiger charge is 2.37. The Bertz CT molecular complexity index is 489. The van der Waals surface area contributed by atoms with Gasteiger partial charge in [-0.3, -0.25) is 4.79 Å². The minimum absolute atomic E-state index is 0.0627. The van der Waals surface area contributed by atoms with Crippen LogP contribution in [0.5, 0.6) is 0 Å². The zero-order chi connectivity index (χ0) is 15.5. The summed E-state index contributed by atoms with van der Waals surface area (Å²) in [6.45, 7) is 2.97. The van der Waals surface area contributed by atoms with E-state index in [1.807, 2.05) is 0 Å². The fraction of sp³-hybridized carbons (Fsp3) is 0.625. The highest BCUT2D eigenvalue weighted by Crippen LogP contribution is 2.35. The van der Waals surface area contributed by atoms with Crippen LogP contribution in [0.25, 0.3) is 0 Å². The summed E-state index contributed by atoms with van der Waals surface area (Å²) >= 11 is 5.75. The first-order valence-electron chi connectivity index (χ1n) is 7.50. The fourth-order valence-corrected chi connectivity index (χ4v) is 3.33. The molecule has 1 fully saturated rings. The van der Waals surface area contributed by atoms with Crippen molar-refractivity contribution in [3.63, 3.8) is 0 Å². The molecular formula is C16H24ClN3O. The van der Waals surface area contributed by atoms with Gasteiger partial charge in [0.15, 0.2) is 0 Å². The summed E-state index contributed by atoms with van der Waals surface area (Å²) in [5, 5.41) is 3.47. The number of hydrogen-bond acceptors (Lipinski definition) is 3. The third-order valence-electron chi connectivity index (χ3n) is 4.58. The largest absolute Gasteiger partial charge is 0.350 e. The number of halogens is 1. The zero-order valence-electron chi connectivity index (χ0n) is 13.0. The minimum atomic E-state index is -0.0846. The normalized spacial score (nSPS) is 25.9. The van der Waals surface area contributed by atoms with Crippen molar-refractivity contribution in [2.75, 3.05) is 20.6 Å². The molecule has 1 aromatic rings. The van der Waals surface area contributed by atoms with Gasteiger partial charge in [-0.2, -0.15) is 0 Å². The highest BCUT2D eigenvalue weighted by molar-refractivity contribution is 6.29. The molecule has 1 N–H and O–H groups in total. The molecule has 0 aromatic carbocycles. The molecule has 1 saturated carbocycles. The molecule has 0 aliphatic heterocycles. The third-order valence-corrected chi connectivity index (χ3v) is 4.81. The van der Waals surface area contributed by atoms with Crippen molar-refractivity contribution in [3.8, 4) is 0 Å². The number of carbonyl (C=O) groups excluding carboxylic acids is 1. The van der Waals surface area contributed by atoms with Crippen molar-refractivity contribution in [2.45, 2.75) is 38.1 Å². The number of nitrogens with one attached hydrogen (secondary N) is 1. The predicted molar refractivity (Wildman–Crippen MR) is 85.6 cm³/mol. The van der Waals surface area contributed by atoms with E-state index in [-0.39, 0.29) is 11.4 Å². The molecule has 1 aliphatic rings. The molecule has 0 radical (unpaired) electrons. The van der Waals surface area contributed by atoms with Gasteiger partial charge >= 0.3 is 0 Å². The van der Waals surface area contributed by atoms with Gasteiger partial charge in [0, 0.05) is 18.3 Å². The Balaban J connectivity index is 2.02. The second-order valence-electron chi connectivity index (χ2n) is 6.37. The predicted octanol–water partition coefficient (Wildman–Crippen LogP) is 2.98. The van der Waals surface area contributed by atoms with E-state index in [4.69, 9.17) is 11.6 Å². The molecule has 0 spiro atoms. The summed E-state index contributed by atoms with van der Waals surface area (Å²) in [6.07, 6.45) is 6.27. The van der Waals surface area contributed by atoms with Gasteiger partial charge in [0.2, 0.25) is 0 Å². The lowest BCUT2D eigenvalue weighted by molar-refractivity contribution is 0.0675. The Kier molecular flexibility index (Phi) is 5.22. The van der Waals surface area contributed by atoms with Crippen LogP contribution in [0.3, 0.4) is 0 Å². The molecule has 116 valence electrons. The van der Waals surface area contributed by atoms with Crippen LogP contribution < -0.4 is 5.32 Å². The van der Waals surface area contributed by atoms with Crippen molar-refractivity contribution in [2.24, 2.45) is 5.92 Å². The summed E-state index contributed by atoms with van der Waals surface area (Å²) in [5.41, 5.74) is 0.616. The number of amides is 1. The van der Waals surface area contributed by atoms with Gasteiger partial charge < -0.3 is 10.2 Å². The summed E-state index contributed by atoms with van der Waals surface area (Å²) in [5.74, 6) is 0.619. The van der Waals surface area contributed by atoms with Gasteiger partial charge in [-0.1, -0.05) is 31.4 Å². The minimum Gasteiger partial charge on any atom is -0.350 e. The van der Waals surface area contributed by atoms with E-state index in [9.17, 15) is 4.79 Å². The number of carbonyl (C=O) groups is 1. The molecule has 1 heterocycles. The van der Waals surface area contributed by atoms with Crippen LogP contribution in [0.1, 0.15) is 43.0 Å². The van der Waals surface area contributed by atoms with Gasteiger partial charge in [0.1, 0.15) is 5.15 Å². The average molecular weight is 310 g/mol. The van der Waals surface area contributed by atoms with Crippen molar-refractivity contribution >= 4 is 17.5 Å². The van der Waals surface area contributed by atoms with Crippen LogP contribution in [0.15, 0.2) is 18.3 Å². The molecule has 5 heteroatoms. The maximum absolute atomic E-state index is 12.2. The summed E-state index contributed by atoms with van der Waals surface area (Å²) in [7, 11) is 4.21. The molecule has 0 saturated heterocycles. The molecule has 1 aliphatic carbocycles. The van der Waals surface area contributed by atoms with E-state index in [2.05, 4.69) is 36.2 Å². The van der Waals surface area contributed by atoms with E-state index in [0.717, 1.165) is 12.8 Å². The topological polar surface area (TPSA) is 45.2 Å². The number of nitrogens with zero attached hydrogens (tertiary/aromatic N) is 2. The second kappa shape index (κ2) is 6.75. The SMILES string of the molecule is CC1CCCC(CNC(=O)c2ccc(Cl)nc2)(N(C)C)C1. The lowest BCUT2D eigenvalue weighted by Gasteiger charge is -2.45. The van der Waals surface area contributed by atoms with Crippen LogP contribution in [0.2, 0.25) is 5.15 Å². The Morgan fingerprint density at radius 3 is 2.86 bits per heavy atom. The van der Waals surface area contributed by atoms with Gasteiger partial charge in [-0.15, -0.1) is 0 Å². The first-order chi connectivity index (χ1) is 9.93. The van der Waals surface area contributed by atoms with Crippen molar-refractivity contribution < 1.29 is 4.79 Å². The molecule has 21 heavy (non-hydrogen) atoms. The average Bonchev–Trinajstić information content (AvgIpc) is 2.45. The van der Waals surface area contributed by atoms with Crippen LogP contribution in [0.4, 0.5) is 0 Å². The second-order valence-corrected chi connectivity index (χ2v) is 6.76.